The molecule has 4 heteroatoms. The Labute approximate surface area is 107 Å². The fraction of sp³-hybridized carbons (Fsp3) is 0.571. The van der Waals surface area contributed by atoms with Gasteiger partial charge in [0.25, 0.3) is 0 Å². The molecule has 0 spiro atoms. The molecule has 0 bridgehead atoms. The maximum atomic E-state index is 13.9. The fourth-order valence-electron chi connectivity index (χ4n) is 2.00. The molecule has 1 aromatic carbocycles. The van der Waals surface area contributed by atoms with E-state index in [1.165, 1.54) is 6.07 Å². The van der Waals surface area contributed by atoms with Crippen molar-refractivity contribution in [2.75, 3.05) is 13.2 Å². The molecule has 18 heavy (non-hydrogen) atoms. The van der Waals surface area contributed by atoms with Gasteiger partial charge in [-0.15, -0.1) is 0 Å². The Hall–Kier alpha value is -1.13. The van der Waals surface area contributed by atoms with Crippen LogP contribution in [-0.4, -0.2) is 25.4 Å². The van der Waals surface area contributed by atoms with E-state index in [1.54, 1.807) is 6.07 Å². The van der Waals surface area contributed by atoms with Gasteiger partial charge in [0.2, 0.25) is 0 Å². The summed E-state index contributed by atoms with van der Waals surface area (Å²) in [5.74, 6) is -0.0120. The van der Waals surface area contributed by atoms with E-state index in [0.717, 1.165) is 18.4 Å². The molecule has 2 N–H and O–H groups in total. The molecule has 3 nitrogen and oxygen atoms in total. The Morgan fingerprint density at radius 3 is 3.00 bits per heavy atom. The summed E-state index contributed by atoms with van der Waals surface area (Å²) in [6.45, 7) is 3.26. The molecule has 0 saturated carbocycles. The molecule has 0 radical (unpaired) electrons. The fourth-order valence-corrected chi connectivity index (χ4v) is 2.00. The van der Waals surface area contributed by atoms with Gasteiger partial charge in [-0.25, -0.2) is 4.39 Å². The van der Waals surface area contributed by atoms with Gasteiger partial charge in [-0.1, -0.05) is 13.0 Å². The lowest BCUT2D eigenvalue weighted by atomic mass is 10.0. The summed E-state index contributed by atoms with van der Waals surface area (Å²) in [6.07, 6.45) is 2.38. The molecule has 1 fully saturated rings. The Morgan fingerprint density at radius 1 is 1.56 bits per heavy atom. The smallest absolute Gasteiger partial charge is 0.165 e. The Kier molecular flexibility index (Phi) is 4.55. The van der Waals surface area contributed by atoms with Crippen LogP contribution in [0, 0.1) is 5.82 Å². The molecule has 1 aliphatic rings. The van der Waals surface area contributed by atoms with E-state index in [9.17, 15) is 4.39 Å². The molecule has 2 unspecified atom stereocenters. The largest absolute Gasteiger partial charge is 0.485 e. The lowest BCUT2D eigenvalue weighted by Crippen LogP contribution is -2.21. The van der Waals surface area contributed by atoms with Crippen molar-refractivity contribution in [3.8, 4) is 5.75 Å². The molecule has 2 rings (SSSR count). The predicted molar refractivity (Wildman–Crippen MR) is 68.2 cm³/mol. The molecule has 1 heterocycles. The molecule has 0 aliphatic carbocycles. The zero-order valence-electron chi connectivity index (χ0n) is 10.7. The molecule has 1 aliphatic heterocycles. The summed E-state index contributed by atoms with van der Waals surface area (Å²) in [6, 6.07) is 5.16. The van der Waals surface area contributed by atoms with Crippen LogP contribution >= 0.6 is 0 Å². The Morgan fingerprint density at radius 2 is 2.39 bits per heavy atom. The van der Waals surface area contributed by atoms with Gasteiger partial charge < -0.3 is 15.2 Å². The van der Waals surface area contributed by atoms with E-state index in [-0.39, 0.29) is 18.0 Å². The van der Waals surface area contributed by atoms with E-state index >= 15 is 0 Å². The van der Waals surface area contributed by atoms with Crippen LogP contribution in [0.1, 0.15) is 25.3 Å². The van der Waals surface area contributed by atoms with Crippen LogP contribution < -0.4 is 10.5 Å². The van der Waals surface area contributed by atoms with E-state index in [0.29, 0.717) is 25.4 Å². The van der Waals surface area contributed by atoms with Gasteiger partial charge in [-0.05, 0) is 30.5 Å². The van der Waals surface area contributed by atoms with Gasteiger partial charge in [0.15, 0.2) is 11.6 Å². The second-order valence-corrected chi connectivity index (χ2v) is 4.74. The highest BCUT2D eigenvalue weighted by Gasteiger charge is 2.19. The highest BCUT2D eigenvalue weighted by Crippen LogP contribution is 2.22. The summed E-state index contributed by atoms with van der Waals surface area (Å²) in [7, 11) is 0. The first-order valence-electron chi connectivity index (χ1n) is 6.47. The van der Waals surface area contributed by atoms with Gasteiger partial charge >= 0.3 is 0 Å². The van der Waals surface area contributed by atoms with Gasteiger partial charge in [-0.3, -0.25) is 0 Å². The van der Waals surface area contributed by atoms with Crippen molar-refractivity contribution < 1.29 is 13.9 Å². The van der Waals surface area contributed by atoms with Crippen LogP contribution in [0.4, 0.5) is 4.39 Å². The minimum absolute atomic E-state index is 0.0248. The average molecular weight is 253 g/mol. The number of rotatable bonds is 5. The lowest BCUT2D eigenvalue weighted by Gasteiger charge is -2.14. The minimum Gasteiger partial charge on any atom is -0.485 e. The summed E-state index contributed by atoms with van der Waals surface area (Å²) < 4.78 is 24.6. The third-order valence-corrected chi connectivity index (χ3v) is 3.20. The Bertz CT molecular complexity index is 391. The Balaban J connectivity index is 2.00. The maximum Gasteiger partial charge on any atom is 0.165 e. The summed E-state index contributed by atoms with van der Waals surface area (Å²) in [4.78, 5) is 0. The van der Waals surface area contributed by atoms with Crippen LogP contribution in [0.2, 0.25) is 0 Å². The normalized spacial score (nSPS) is 20.9. The average Bonchev–Trinajstić information content (AvgIpc) is 2.85. The minimum atomic E-state index is -0.317. The zero-order chi connectivity index (χ0) is 13.0. The van der Waals surface area contributed by atoms with E-state index in [4.69, 9.17) is 15.2 Å². The lowest BCUT2D eigenvalue weighted by molar-refractivity contribution is 0.138. The van der Waals surface area contributed by atoms with Crippen molar-refractivity contribution in [1.82, 2.24) is 0 Å². The quantitative estimate of drug-likeness (QED) is 0.875. The number of hydrogen-bond donors (Lipinski definition) is 1. The SMILES string of the molecule is CCC(N)Cc1ccc(OC2CCOC2)c(F)c1. The zero-order valence-corrected chi connectivity index (χ0v) is 10.7. The summed E-state index contributed by atoms with van der Waals surface area (Å²) >= 11 is 0. The summed E-state index contributed by atoms with van der Waals surface area (Å²) in [5.41, 5.74) is 6.77. The summed E-state index contributed by atoms with van der Waals surface area (Å²) in [5, 5.41) is 0. The number of benzene rings is 1. The van der Waals surface area contributed by atoms with E-state index in [2.05, 4.69) is 0 Å². The van der Waals surface area contributed by atoms with Crippen molar-refractivity contribution in [2.45, 2.75) is 38.3 Å². The molecule has 2 atom stereocenters. The van der Waals surface area contributed by atoms with Gasteiger partial charge in [-0.2, -0.15) is 0 Å². The van der Waals surface area contributed by atoms with Gasteiger partial charge in [0, 0.05) is 12.5 Å². The number of ether oxygens (including phenoxy) is 2. The van der Waals surface area contributed by atoms with Crippen LogP contribution in [0.25, 0.3) is 0 Å². The molecule has 1 saturated heterocycles. The molecule has 1 aromatic rings. The molecule has 100 valence electrons. The molecule has 0 amide bonds. The van der Waals surface area contributed by atoms with Crippen molar-refractivity contribution in [2.24, 2.45) is 5.73 Å². The van der Waals surface area contributed by atoms with Crippen LogP contribution in [-0.2, 0) is 11.2 Å². The van der Waals surface area contributed by atoms with Crippen molar-refractivity contribution in [3.05, 3.63) is 29.6 Å². The molecular formula is C14H20FNO2. The highest BCUT2D eigenvalue weighted by molar-refractivity contribution is 5.30. The first-order chi connectivity index (χ1) is 8.69. The number of halogens is 1. The topological polar surface area (TPSA) is 44.5 Å². The number of hydrogen-bond acceptors (Lipinski definition) is 3. The van der Waals surface area contributed by atoms with Gasteiger partial charge in [0.05, 0.1) is 13.2 Å². The van der Waals surface area contributed by atoms with Crippen LogP contribution in [0.15, 0.2) is 18.2 Å². The van der Waals surface area contributed by atoms with E-state index in [1.807, 2.05) is 13.0 Å². The van der Waals surface area contributed by atoms with Crippen molar-refractivity contribution >= 4 is 0 Å². The molecular weight excluding hydrogens is 233 g/mol. The van der Waals surface area contributed by atoms with Crippen molar-refractivity contribution in [1.29, 1.82) is 0 Å². The maximum absolute atomic E-state index is 13.9. The second kappa shape index (κ2) is 6.16. The third-order valence-electron chi connectivity index (χ3n) is 3.20. The molecule has 0 aromatic heterocycles. The first kappa shape index (κ1) is 13.3. The number of nitrogens with two attached hydrogens (primary N) is 1. The third kappa shape index (κ3) is 3.43. The monoisotopic (exact) mass is 253 g/mol. The van der Waals surface area contributed by atoms with Gasteiger partial charge in [0.1, 0.15) is 6.10 Å². The standard InChI is InChI=1S/C14H20FNO2/c1-2-11(16)7-10-3-4-14(13(15)8-10)18-12-5-6-17-9-12/h3-4,8,11-12H,2,5-7,9,16H2,1H3. The second-order valence-electron chi connectivity index (χ2n) is 4.74. The van der Waals surface area contributed by atoms with Crippen LogP contribution in [0.5, 0.6) is 5.75 Å². The first-order valence-corrected chi connectivity index (χ1v) is 6.47. The predicted octanol–water partition coefficient (Wildman–Crippen LogP) is 2.27. The van der Waals surface area contributed by atoms with Crippen LogP contribution in [0.3, 0.4) is 0 Å². The van der Waals surface area contributed by atoms with E-state index < -0.39 is 0 Å². The highest BCUT2D eigenvalue weighted by atomic mass is 19.1. The van der Waals surface area contributed by atoms with Crippen molar-refractivity contribution in [3.63, 3.8) is 0 Å².